The van der Waals surface area contributed by atoms with Gasteiger partial charge in [0.15, 0.2) is 0 Å². The lowest BCUT2D eigenvalue weighted by molar-refractivity contribution is 0.0946. The average molecular weight is 391 g/mol. The molecule has 0 radical (unpaired) electrons. The molecular formula is C22H22N4OS. The highest BCUT2D eigenvalue weighted by atomic mass is 32.1. The quantitative estimate of drug-likeness (QED) is 0.535. The third kappa shape index (κ3) is 3.31. The zero-order valence-corrected chi connectivity index (χ0v) is 16.9. The number of hydrogen-bond acceptors (Lipinski definition) is 4. The van der Waals surface area contributed by atoms with E-state index in [-0.39, 0.29) is 17.9 Å². The third-order valence-corrected chi connectivity index (χ3v) is 5.91. The highest BCUT2D eigenvalue weighted by molar-refractivity contribution is 7.19. The molecule has 142 valence electrons. The minimum atomic E-state index is -0.216. The van der Waals surface area contributed by atoms with Crippen LogP contribution in [0.3, 0.4) is 0 Å². The first-order valence-electron chi connectivity index (χ1n) is 9.31. The van der Waals surface area contributed by atoms with Crippen LogP contribution >= 0.6 is 11.3 Å². The van der Waals surface area contributed by atoms with E-state index in [0.29, 0.717) is 4.88 Å². The Morgan fingerprint density at radius 2 is 1.54 bits per heavy atom. The molecule has 1 N–H and O–H groups in total. The van der Waals surface area contributed by atoms with Crippen molar-refractivity contribution in [3.05, 3.63) is 88.2 Å². The van der Waals surface area contributed by atoms with Gasteiger partial charge in [-0.05, 0) is 18.1 Å². The standard InChI is InChI=1S/C22H22N4OS/c1-14(2)20-24-25-22-26(20)15(3)19(28-22)21(27)23-18(16-10-6-4-7-11-16)17-12-8-5-9-13-17/h4-14,18H,1-3H3,(H,23,27). The number of rotatable bonds is 5. The minimum Gasteiger partial charge on any atom is -0.340 e. The van der Waals surface area contributed by atoms with Crippen LogP contribution in [-0.2, 0) is 0 Å². The van der Waals surface area contributed by atoms with E-state index in [2.05, 4.69) is 29.4 Å². The van der Waals surface area contributed by atoms with E-state index in [0.717, 1.165) is 27.6 Å². The Morgan fingerprint density at radius 3 is 2.07 bits per heavy atom. The zero-order chi connectivity index (χ0) is 19.7. The Labute approximate surface area is 168 Å². The lowest BCUT2D eigenvalue weighted by Gasteiger charge is -2.19. The van der Waals surface area contributed by atoms with Crippen LogP contribution in [0.5, 0.6) is 0 Å². The minimum absolute atomic E-state index is 0.0968. The van der Waals surface area contributed by atoms with E-state index in [1.54, 1.807) is 0 Å². The monoisotopic (exact) mass is 390 g/mol. The maximum Gasteiger partial charge on any atom is 0.264 e. The molecule has 6 heteroatoms. The van der Waals surface area contributed by atoms with Crippen LogP contribution in [0.15, 0.2) is 60.7 Å². The van der Waals surface area contributed by atoms with Crippen LogP contribution in [0.2, 0.25) is 0 Å². The van der Waals surface area contributed by atoms with Crippen LogP contribution in [0.25, 0.3) is 4.96 Å². The lowest BCUT2D eigenvalue weighted by atomic mass is 9.98. The fraction of sp³-hybridized carbons (Fsp3) is 0.227. The van der Waals surface area contributed by atoms with Crippen molar-refractivity contribution in [3.8, 4) is 0 Å². The summed E-state index contributed by atoms with van der Waals surface area (Å²) in [5, 5.41) is 11.7. The number of carbonyl (C=O) groups excluding carboxylic acids is 1. The van der Waals surface area contributed by atoms with Gasteiger partial charge in [-0.3, -0.25) is 9.20 Å². The van der Waals surface area contributed by atoms with E-state index < -0.39 is 0 Å². The van der Waals surface area contributed by atoms with Crippen LogP contribution in [0.1, 0.15) is 58.1 Å². The number of amides is 1. The summed E-state index contributed by atoms with van der Waals surface area (Å²) in [6.07, 6.45) is 0. The average Bonchev–Trinajstić information content (AvgIpc) is 3.28. The molecule has 1 amide bonds. The van der Waals surface area contributed by atoms with Crippen molar-refractivity contribution >= 4 is 22.2 Å². The summed E-state index contributed by atoms with van der Waals surface area (Å²) < 4.78 is 1.99. The fourth-order valence-electron chi connectivity index (χ4n) is 3.36. The number of nitrogens with one attached hydrogen (secondary N) is 1. The molecular weight excluding hydrogens is 368 g/mol. The first-order chi connectivity index (χ1) is 13.6. The van der Waals surface area contributed by atoms with Crippen LogP contribution < -0.4 is 5.32 Å². The van der Waals surface area contributed by atoms with Crippen LogP contribution in [-0.4, -0.2) is 20.5 Å². The Morgan fingerprint density at radius 1 is 0.964 bits per heavy atom. The third-order valence-electron chi connectivity index (χ3n) is 4.78. The summed E-state index contributed by atoms with van der Waals surface area (Å²) in [6.45, 7) is 6.11. The van der Waals surface area contributed by atoms with E-state index >= 15 is 0 Å². The molecule has 2 aromatic carbocycles. The first-order valence-corrected chi connectivity index (χ1v) is 10.1. The largest absolute Gasteiger partial charge is 0.340 e. The van der Waals surface area contributed by atoms with Crippen molar-refractivity contribution < 1.29 is 4.79 Å². The van der Waals surface area contributed by atoms with Crippen LogP contribution in [0, 0.1) is 6.92 Å². The van der Waals surface area contributed by atoms with E-state index in [1.165, 1.54) is 11.3 Å². The number of nitrogens with zero attached hydrogens (tertiary/aromatic N) is 3. The number of carbonyl (C=O) groups is 1. The van der Waals surface area contributed by atoms with Crippen molar-refractivity contribution in [2.24, 2.45) is 0 Å². The second-order valence-electron chi connectivity index (χ2n) is 7.08. The van der Waals surface area contributed by atoms with Crippen molar-refractivity contribution in [1.29, 1.82) is 0 Å². The number of thiazole rings is 1. The summed E-state index contributed by atoms with van der Waals surface area (Å²) >= 11 is 1.38. The molecule has 0 aliphatic carbocycles. The van der Waals surface area contributed by atoms with Crippen molar-refractivity contribution in [3.63, 3.8) is 0 Å². The number of hydrogen-bond donors (Lipinski definition) is 1. The number of aromatic nitrogens is 3. The van der Waals surface area contributed by atoms with Gasteiger partial charge in [-0.15, -0.1) is 10.2 Å². The molecule has 0 aliphatic rings. The van der Waals surface area contributed by atoms with Crippen molar-refractivity contribution in [1.82, 2.24) is 19.9 Å². The summed E-state index contributed by atoms with van der Waals surface area (Å²) in [6, 6.07) is 19.8. The molecule has 0 saturated heterocycles. The van der Waals surface area contributed by atoms with Gasteiger partial charge in [0.05, 0.1) is 6.04 Å². The SMILES string of the molecule is Cc1c(C(=O)NC(c2ccccc2)c2ccccc2)sc2nnc(C(C)C)n12. The lowest BCUT2D eigenvalue weighted by Crippen LogP contribution is -2.29. The summed E-state index contributed by atoms with van der Waals surface area (Å²) in [5.41, 5.74) is 2.97. The van der Waals surface area contributed by atoms with Crippen LogP contribution in [0.4, 0.5) is 0 Å². The van der Waals surface area contributed by atoms with Gasteiger partial charge in [0, 0.05) is 11.6 Å². The summed E-state index contributed by atoms with van der Waals surface area (Å²) in [4.78, 5) is 14.6. The number of benzene rings is 2. The normalized spacial score (nSPS) is 11.5. The molecule has 0 saturated carbocycles. The van der Waals surface area contributed by atoms with Gasteiger partial charge in [-0.1, -0.05) is 85.8 Å². The predicted octanol–water partition coefficient (Wildman–Crippen LogP) is 4.74. The smallest absolute Gasteiger partial charge is 0.264 e. The van der Waals surface area contributed by atoms with Gasteiger partial charge >= 0.3 is 0 Å². The fourth-order valence-corrected chi connectivity index (χ4v) is 4.34. The Bertz CT molecular complexity index is 1060. The molecule has 0 bridgehead atoms. The van der Waals surface area contributed by atoms with Gasteiger partial charge in [-0.25, -0.2) is 0 Å². The molecule has 0 aliphatic heterocycles. The van der Waals surface area contributed by atoms with E-state index in [4.69, 9.17) is 0 Å². The first kappa shape index (κ1) is 18.4. The highest BCUT2D eigenvalue weighted by Crippen LogP contribution is 2.28. The van der Waals surface area contributed by atoms with Crippen molar-refractivity contribution in [2.75, 3.05) is 0 Å². The maximum absolute atomic E-state index is 13.2. The Hall–Kier alpha value is -2.99. The molecule has 4 aromatic rings. The molecule has 0 unspecified atom stereocenters. The van der Waals surface area contributed by atoms with Gasteiger partial charge in [-0.2, -0.15) is 0 Å². The topological polar surface area (TPSA) is 59.3 Å². The zero-order valence-electron chi connectivity index (χ0n) is 16.1. The Kier molecular flexibility index (Phi) is 4.96. The molecule has 0 atom stereocenters. The van der Waals surface area contributed by atoms with Gasteiger partial charge in [0.2, 0.25) is 4.96 Å². The van der Waals surface area contributed by atoms with Gasteiger partial charge in [0.1, 0.15) is 10.7 Å². The Balaban J connectivity index is 1.71. The molecule has 2 heterocycles. The number of aryl methyl sites for hydroxylation is 1. The predicted molar refractivity (Wildman–Crippen MR) is 112 cm³/mol. The molecule has 5 nitrogen and oxygen atoms in total. The van der Waals surface area contributed by atoms with E-state index in [9.17, 15) is 4.79 Å². The molecule has 0 spiro atoms. The summed E-state index contributed by atoms with van der Waals surface area (Å²) in [7, 11) is 0. The van der Waals surface area contributed by atoms with E-state index in [1.807, 2.05) is 72.0 Å². The second-order valence-corrected chi connectivity index (χ2v) is 8.05. The maximum atomic E-state index is 13.2. The second kappa shape index (κ2) is 7.56. The highest BCUT2D eigenvalue weighted by Gasteiger charge is 2.24. The molecule has 2 aromatic heterocycles. The summed E-state index contributed by atoms with van der Waals surface area (Å²) in [5.74, 6) is 1.02. The van der Waals surface area contributed by atoms with Gasteiger partial charge < -0.3 is 5.32 Å². The van der Waals surface area contributed by atoms with Gasteiger partial charge in [0.25, 0.3) is 5.91 Å². The molecule has 0 fully saturated rings. The molecule has 28 heavy (non-hydrogen) atoms. The number of fused-ring (bicyclic) bond motifs is 1. The van der Waals surface area contributed by atoms with Crippen molar-refractivity contribution in [2.45, 2.75) is 32.7 Å². The molecule has 4 rings (SSSR count).